The molecule has 2 fully saturated rings. The molecule has 1 aliphatic carbocycles. The fourth-order valence-electron chi connectivity index (χ4n) is 2.66. The predicted octanol–water partition coefficient (Wildman–Crippen LogP) is 2.04. The summed E-state index contributed by atoms with van der Waals surface area (Å²) in [6.07, 6.45) is 0.186. The molecule has 0 aromatic heterocycles. The minimum absolute atomic E-state index is 0. The van der Waals surface area contributed by atoms with Gasteiger partial charge in [-0.25, -0.2) is 8.78 Å². The number of nitrogens with two attached hydrogens (primary N) is 1. The molecular weight excluding hydrogens is 262 g/mol. The SMILES string of the molecule is CC1(C)CN(C(=O)C2CC(F)(F)C2)CCC1N.Cl. The van der Waals surface area contributed by atoms with Crippen LogP contribution in [-0.4, -0.2) is 35.9 Å². The number of hydrogen-bond donors (Lipinski definition) is 1. The van der Waals surface area contributed by atoms with E-state index in [-0.39, 0.29) is 42.6 Å². The normalized spacial score (nSPS) is 30.3. The average molecular weight is 283 g/mol. The molecule has 6 heteroatoms. The van der Waals surface area contributed by atoms with Crippen molar-refractivity contribution in [2.24, 2.45) is 17.1 Å². The van der Waals surface area contributed by atoms with Gasteiger partial charge < -0.3 is 10.6 Å². The lowest BCUT2D eigenvalue weighted by Gasteiger charge is -2.45. The first-order chi connectivity index (χ1) is 7.71. The number of carbonyl (C=O) groups excluding carboxylic acids is 1. The number of amides is 1. The van der Waals surface area contributed by atoms with Crippen molar-refractivity contribution in [2.75, 3.05) is 13.1 Å². The van der Waals surface area contributed by atoms with Crippen molar-refractivity contribution in [2.45, 2.75) is 45.1 Å². The molecule has 3 nitrogen and oxygen atoms in total. The van der Waals surface area contributed by atoms with Crippen molar-refractivity contribution in [1.82, 2.24) is 4.90 Å². The highest BCUT2D eigenvalue weighted by molar-refractivity contribution is 5.85. The molecule has 1 unspecified atom stereocenters. The van der Waals surface area contributed by atoms with Crippen molar-refractivity contribution < 1.29 is 13.6 Å². The Morgan fingerprint density at radius 2 is 1.89 bits per heavy atom. The molecule has 0 radical (unpaired) electrons. The first-order valence-electron chi connectivity index (χ1n) is 6.13. The summed E-state index contributed by atoms with van der Waals surface area (Å²) in [7, 11) is 0. The predicted molar refractivity (Wildman–Crippen MR) is 67.9 cm³/mol. The Labute approximate surface area is 112 Å². The molecule has 1 heterocycles. The Balaban J connectivity index is 0.00000162. The van der Waals surface area contributed by atoms with Crippen LogP contribution in [0, 0.1) is 11.3 Å². The van der Waals surface area contributed by atoms with E-state index in [0.29, 0.717) is 13.1 Å². The van der Waals surface area contributed by atoms with Gasteiger partial charge in [0.25, 0.3) is 0 Å². The number of piperidine rings is 1. The van der Waals surface area contributed by atoms with Gasteiger partial charge in [0.15, 0.2) is 0 Å². The van der Waals surface area contributed by atoms with Gasteiger partial charge in [-0.1, -0.05) is 13.8 Å². The van der Waals surface area contributed by atoms with Crippen molar-refractivity contribution in [3.63, 3.8) is 0 Å². The molecule has 0 aromatic rings. The molecule has 106 valence electrons. The van der Waals surface area contributed by atoms with Crippen LogP contribution in [0.4, 0.5) is 8.78 Å². The zero-order valence-corrected chi connectivity index (χ0v) is 11.6. The highest BCUT2D eigenvalue weighted by atomic mass is 35.5. The van der Waals surface area contributed by atoms with E-state index in [1.165, 1.54) is 0 Å². The molecule has 2 aliphatic rings. The van der Waals surface area contributed by atoms with Crippen LogP contribution in [0.15, 0.2) is 0 Å². The zero-order valence-electron chi connectivity index (χ0n) is 10.8. The van der Waals surface area contributed by atoms with Crippen LogP contribution in [0.5, 0.6) is 0 Å². The molecule has 18 heavy (non-hydrogen) atoms. The van der Waals surface area contributed by atoms with Gasteiger partial charge in [-0.05, 0) is 11.8 Å². The van der Waals surface area contributed by atoms with Crippen LogP contribution >= 0.6 is 12.4 Å². The van der Waals surface area contributed by atoms with Crippen LogP contribution in [0.25, 0.3) is 0 Å². The number of nitrogens with zero attached hydrogens (tertiary/aromatic N) is 1. The Morgan fingerprint density at radius 1 is 1.33 bits per heavy atom. The van der Waals surface area contributed by atoms with E-state index in [9.17, 15) is 13.6 Å². The third-order valence-corrected chi connectivity index (χ3v) is 4.06. The smallest absolute Gasteiger partial charge is 0.249 e. The molecule has 2 N–H and O–H groups in total. The van der Waals surface area contributed by atoms with Gasteiger partial charge in [-0.15, -0.1) is 12.4 Å². The van der Waals surface area contributed by atoms with E-state index >= 15 is 0 Å². The molecule has 0 bridgehead atoms. The Bertz CT molecular complexity index is 328. The summed E-state index contributed by atoms with van der Waals surface area (Å²) in [5.74, 6) is -3.21. The fraction of sp³-hybridized carbons (Fsp3) is 0.917. The monoisotopic (exact) mass is 282 g/mol. The van der Waals surface area contributed by atoms with Gasteiger partial charge in [-0.2, -0.15) is 0 Å². The second kappa shape index (κ2) is 4.93. The largest absolute Gasteiger partial charge is 0.342 e. The highest BCUT2D eigenvalue weighted by Gasteiger charge is 2.50. The van der Waals surface area contributed by atoms with Crippen molar-refractivity contribution >= 4 is 18.3 Å². The van der Waals surface area contributed by atoms with Gasteiger partial charge in [-0.3, -0.25) is 4.79 Å². The Hall–Kier alpha value is -0.420. The van der Waals surface area contributed by atoms with E-state index in [0.717, 1.165) is 6.42 Å². The summed E-state index contributed by atoms with van der Waals surface area (Å²) in [6.45, 7) is 5.22. The van der Waals surface area contributed by atoms with Crippen molar-refractivity contribution in [1.29, 1.82) is 0 Å². The number of halogens is 3. The third kappa shape index (κ3) is 2.94. The van der Waals surface area contributed by atoms with Crippen LogP contribution < -0.4 is 5.73 Å². The molecular formula is C12H21ClF2N2O. The van der Waals surface area contributed by atoms with Gasteiger partial charge in [0.2, 0.25) is 11.8 Å². The molecule has 1 atom stereocenters. The first kappa shape index (κ1) is 15.6. The maximum absolute atomic E-state index is 12.7. The highest BCUT2D eigenvalue weighted by Crippen LogP contribution is 2.43. The number of hydrogen-bond acceptors (Lipinski definition) is 2. The van der Waals surface area contributed by atoms with Crippen LogP contribution in [0.1, 0.15) is 33.1 Å². The number of rotatable bonds is 1. The van der Waals surface area contributed by atoms with E-state index in [1.807, 2.05) is 13.8 Å². The molecule has 0 aromatic carbocycles. The summed E-state index contributed by atoms with van der Waals surface area (Å²) in [4.78, 5) is 13.7. The minimum atomic E-state index is -2.62. The summed E-state index contributed by atoms with van der Waals surface area (Å²) in [5, 5.41) is 0. The van der Waals surface area contributed by atoms with Crippen LogP contribution in [-0.2, 0) is 4.79 Å². The lowest BCUT2D eigenvalue weighted by Crippen LogP contribution is -2.56. The molecule has 2 rings (SSSR count). The van der Waals surface area contributed by atoms with Crippen molar-refractivity contribution in [3.8, 4) is 0 Å². The maximum Gasteiger partial charge on any atom is 0.249 e. The lowest BCUT2D eigenvalue weighted by atomic mass is 9.77. The quantitative estimate of drug-likeness (QED) is 0.800. The molecule has 0 spiro atoms. The number of carbonyl (C=O) groups is 1. The van der Waals surface area contributed by atoms with Gasteiger partial charge in [0.05, 0.1) is 0 Å². The van der Waals surface area contributed by atoms with Crippen molar-refractivity contribution in [3.05, 3.63) is 0 Å². The number of likely N-dealkylation sites (tertiary alicyclic amines) is 1. The molecule has 1 saturated heterocycles. The Kier molecular flexibility index (Phi) is 4.28. The van der Waals surface area contributed by atoms with Gasteiger partial charge >= 0.3 is 0 Å². The summed E-state index contributed by atoms with van der Waals surface area (Å²) < 4.78 is 25.5. The van der Waals surface area contributed by atoms with E-state index in [1.54, 1.807) is 4.90 Å². The number of alkyl halides is 2. The van der Waals surface area contributed by atoms with E-state index < -0.39 is 11.8 Å². The second-order valence-electron chi connectivity index (χ2n) is 6.10. The van der Waals surface area contributed by atoms with Crippen LogP contribution in [0.2, 0.25) is 0 Å². The minimum Gasteiger partial charge on any atom is -0.342 e. The van der Waals surface area contributed by atoms with E-state index in [4.69, 9.17) is 5.73 Å². The third-order valence-electron chi connectivity index (χ3n) is 4.06. The average Bonchev–Trinajstić information content (AvgIpc) is 2.17. The summed E-state index contributed by atoms with van der Waals surface area (Å²) >= 11 is 0. The fourth-order valence-corrected chi connectivity index (χ4v) is 2.66. The molecule has 1 aliphatic heterocycles. The second-order valence-corrected chi connectivity index (χ2v) is 6.10. The molecule has 1 amide bonds. The standard InChI is InChI=1S/C12H20F2N2O.ClH/c1-11(2)7-16(4-3-9(11)15)10(17)8-5-12(13,14)6-8;/h8-9H,3-7,15H2,1-2H3;1H. The summed E-state index contributed by atoms with van der Waals surface area (Å²) in [6, 6.07) is 0.0781. The summed E-state index contributed by atoms with van der Waals surface area (Å²) in [5.41, 5.74) is 5.86. The lowest BCUT2D eigenvalue weighted by molar-refractivity contribution is -0.162. The Morgan fingerprint density at radius 3 is 2.33 bits per heavy atom. The first-order valence-corrected chi connectivity index (χ1v) is 6.13. The van der Waals surface area contributed by atoms with E-state index in [2.05, 4.69) is 0 Å². The molecule has 1 saturated carbocycles. The zero-order chi connectivity index (χ0) is 12.8. The van der Waals surface area contributed by atoms with Crippen LogP contribution in [0.3, 0.4) is 0 Å². The maximum atomic E-state index is 12.7. The topological polar surface area (TPSA) is 46.3 Å². The van der Waals surface area contributed by atoms with Gasteiger partial charge in [0, 0.05) is 37.9 Å². The van der Waals surface area contributed by atoms with Gasteiger partial charge in [0.1, 0.15) is 0 Å².